The van der Waals surface area contributed by atoms with Crippen molar-refractivity contribution >= 4 is 34.4 Å². The van der Waals surface area contributed by atoms with Crippen LogP contribution in [0, 0.1) is 23.2 Å². The number of ether oxygens (including phenoxy) is 1. The van der Waals surface area contributed by atoms with Crippen LogP contribution in [-0.2, 0) is 14.4 Å². The number of Topliss-reactive ketones (excluding diaryl/α,β-unsaturated/α-hetero) is 1. The van der Waals surface area contributed by atoms with E-state index in [0.29, 0.717) is 31.0 Å². The van der Waals surface area contributed by atoms with E-state index in [1.807, 2.05) is 18.2 Å². The Morgan fingerprint density at radius 1 is 1.28 bits per heavy atom. The molecule has 1 saturated carbocycles. The maximum atomic E-state index is 13.7. The summed E-state index contributed by atoms with van der Waals surface area (Å²) in [5.41, 5.74) is 1.12. The van der Waals surface area contributed by atoms with Crippen molar-refractivity contribution in [2.24, 2.45) is 23.2 Å². The number of methoxy groups -OCH3 is 1. The number of benzene rings is 1. The van der Waals surface area contributed by atoms with Gasteiger partial charge in [0.25, 0.3) is 5.91 Å². The Labute approximate surface area is 210 Å². The van der Waals surface area contributed by atoms with Crippen LogP contribution in [0.5, 0.6) is 5.75 Å². The van der Waals surface area contributed by atoms with E-state index in [9.17, 15) is 19.2 Å². The molecule has 2 aromatic rings. The third-order valence-corrected chi connectivity index (χ3v) is 8.55. The Bertz CT molecular complexity index is 1230. The number of hydrogen-bond acceptors (Lipinski definition) is 5. The number of nitrogens with zero attached hydrogens (tertiary/aromatic N) is 1. The number of amides is 3. The molecule has 3 N–H and O–H groups in total. The highest BCUT2D eigenvalue weighted by atomic mass is 16.5. The lowest BCUT2D eigenvalue weighted by molar-refractivity contribution is -0.132. The fourth-order valence-electron chi connectivity index (χ4n) is 6.30. The lowest BCUT2D eigenvalue weighted by Crippen LogP contribution is -2.54. The zero-order valence-corrected chi connectivity index (χ0v) is 21.2. The van der Waals surface area contributed by atoms with Crippen molar-refractivity contribution in [3.8, 4) is 5.75 Å². The summed E-state index contributed by atoms with van der Waals surface area (Å²) < 4.78 is 5.43. The predicted octanol–water partition coefficient (Wildman–Crippen LogP) is 2.26. The number of hydrogen-bond donors (Lipinski definition) is 3. The van der Waals surface area contributed by atoms with E-state index in [4.69, 9.17) is 4.74 Å². The second kappa shape index (κ2) is 8.94. The number of rotatable bonds is 8. The minimum Gasteiger partial charge on any atom is -0.496 e. The van der Waals surface area contributed by atoms with Crippen molar-refractivity contribution in [2.45, 2.75) is 52.1 Å². The average molecular weight is 495 g/mol. The van der Waals surface area contributed by atoms with E-state index < -0.39 is 12.1 Å². The van der Waals surface area contributed by atoms with Crippen LogP contribution < -0.4 is 15.4 Å². The molecule has 1 aromatic carbocycles. The monoisotopic (exact) mass is 494 g/mol. The van der Waals surface area contributed by atoms with Crippen molar-refractivity contribution in [3.05, 3.63) is 30.0 Å². The minimum atomic E-state index is -0.744. The summed E-state index contributed by atoms with van der Waals surface area (Å²) in [6.45, 7) is 7.07. The smallest absolute Gasteiger partial charge is 0.271 e. The van der Waals surface area contributed by atoms with Crippen molar-refractivity contribution in [1.82, 2.24) is 20.5 Å². The highest BCUT2D eigenvalue weighted by Gasteiger charge is 2.69. The highest BCUT2D eigenvalue weighted by molar-refractivity contribution is 6.02. The molecule has 3 amide bonds. The third-order valence-electron chi connectivity index (χ3n) is 8.55. The number of aromatic amines is 1. The summed E-state index contributed by atoms with van der Waals surface area (Å²) in [7, 11) is 1.59. The molecule has 192 valence electrons. The van der Waals surface area contributed by atoms with Gasteiger partial charge in [0.2, 0.25) is 11.8 Å². The van der Waals surface area contributed by atoms with Crippen LogP contribution >= 0.6 is 0 Å². The van der Waals surface area contributed by atoms with Gasteiger partial charge in [0.05, 0.1) is 13.2 Å². The summed E-state index contributed by atoms with van der Waals surface area (Å²) in [5.74, 6) is -0.130. The second-order valence-corrected chi connectivity index (χ2v) is 10.9. The van der Waals surface area contributed by atoms with Gasteiger partial charge in [-0.25, -0.2) is 0 Å². The number of piperidine rings is 1. The van der Waals surface area contributed by atoms with E-state index in [1.54, 1.807) is 25.0 Å². The molecule has 0 spiro atoms. The number of carbonyl (C=O) groups is 4. The molecule has 2 aliphatic heterocycles. The van der Waals surface area contributed by atoms with Gasteiger partial charge in [-0.1, -0.05) is 26.8 Å². The molecule has 9 heteroatoms. The molecule has 0 radical (unpaired) electrons. The van der Waals surface area contributed by atoms with Gasteiger partial charge < -0.3 is 25.3 Å². The van der Waals surface area contributed by atoms with Gasteiger partial charge in [-0.15, -0.1) is 0 Å². The van der Waals surface area contributed by atoms with Gasteiger partial charge in [-0.2, -0.15) is 0 Å². The van der Waals surface area contributed by atoms with Crippen LogP contribution in [-0.4, -0.2) is 65.7 Å². The molecule has 5 rings (SSSR count). The number of H-pyrrole nitrogens is 1. The molecule has 3 aliphatic rings. The number of aromatic nitrogens is 1. The van der Waals surface area contributed by atoms with Crippen molar-refractivity contribution in [1.29, 1.82) is 0 Å². The Hall–Kier alpha value is -3.36. The molecule has 3 heterocycles. The number of likely N-dealkylation sites (tertiary alicyclic amines) is 1. The maximum absolute atomic E-state index is 13.7. The van der Waals surface area contributed by atoms with Gasteiger partial charge in [-0.3, -0.25) is 19.2 Å². The predicted molar refractivity (Wildman–Crippen MR) is 133 cm³/mol. The van der Waals surface area contributed by atoms with Gasteiger partial charge in [0.15, 0.2) is 5.78 Å². The quantitative estimate of drug-likeness (QED) is 0.520. The largest absolute Gasteiger partial charge is 0.496 e. The first-order chi connectivity index (χ1) is 17.2. The average Bonchev–Trinajstić information content (AvgIpc) is 3.38. The first-order valence-electron chi connectivity index (χ1n) is 12.7. The molecule has 36 heavy (non-hydrogen) atoms. The topological polar surface area (TPSA) is 121 Å². The standard InChI is InChI=1S/C27H34N4O5/c1-5-20(32)18(11-14-9-10-28-24(14)33)30-25(34)23-22-16(27(22,2)3)13-31(23)26(35)19-12-15-17(29-19)7-6-8-21(15)36-4/h6-8,12,14,16,18,22-23,29H,5,9-11,13H2,1-4H3,(H,28,33)(H,30,34). The van der Waals surface area contributed by atoms with E-state index >= 15 is 0 Å². The molecule has 5 atom stereocenters. The fraction of sp³-hybridized carbons (Fsp3) is 0.556. The Morgan fingerprint density at radius 3 is 2.72 bits per heavy atom. The summed E-state index contributed by atoms with van der Waals surface area (Å²) in [4.78, 5) is 57.0. The number of nitrogens with one attached hydrogen (secondary N) is 3. The van der Waals surface area contributed by atoms with E-state index in [1.165, 1.54) is 0 Å². The lowest BCUT2D eigenvalue weighted by atomic mass is 9.94. The van der Waals surface area contributed by atoms with Crippen LogP contribution in [0.3, 0.4) is 0 Å². The first-order valence-corrected chi connectivity index (χ1v) is 12.7. The third kappa shape index (κ3) is 3.94. The molecule has 1 aliphatic carbocycles. The molecule has 3 fully saturated rings. The Kier molecular flexibility index (Phi) is 6.04. The van der Waals surface area contributed by atoms with Crippen molar-refractivity contribution < 1.29 is 23.9 Å². The molecule has 0 bridgehead atoms. The summed E-state index contributed by atoms with van der Waals surface area (Å²) >= 11 is 0. The molecular weight excluding hydrogens is 460 g/mol. The highest BCUT2D eigenvalue weighted by Crippen LogP contribution is 2.65. The molecule has 9 nitrogen and oxygen atoms in total. The summed E-state index contributed by atoms with van der Waals surface area (Å²) in [6, 6.07) is 5.92. The van der Waals surface area contributed by atoms with Crippen LogP contribution in [0.1, 0.15) is 50.5 Å². The van der Waals surface area contributed by atoms with E-state index in [2.05, 4.69) is 29.5 Å². The van der Waals surface area contributed by atoms with Gasteiger partial charge in [0, 0.05) is 36.3 Å². The molecule has 2 saturated heterocycles. The van der Waals surface area contributed by atoms with Crippen molar-refractivity contribution in [2.75, 3.05) is 20.2 Å². The molecule has 5 unspecified atom stereocenters. The van der Waals surface area contributed by atoms with Gasteiger partial charge >= 0.3 is 0 Å². The van der Waals surface area contributed by atoms with Crippen LogP contribution in [0.2, 0.25) is 0 Å². The number of carbonyl (C=O) groups excluding carboxylic acids is 4. The van der Waals surface area contributed by atoms with Crippen LogP contribution in [0.15, 0.2) is 24.3 Å². The number of ketones is 1. The fourth-order valence-corrected chi connectivity index (χ4v) is 6.30. The zero-order chi connectivity index (χ0) is 25.8. The minimum absolute atomic E-state index is 0.0209. The molecule has 1 aromatic heterocycles. The second-order valence-electron chi connectivity index (χ2n) is 10.9. The summed E-state index contributed by atoms with van der Waals surface area (Å²) in [6.07, 6.45) is 1.20. The maximum Gasteiger partial charge on any atom is 0.271 e. The van der Waals surface area contributed by atoms with Crippen LogP contribution in [0.4, 0.5) is 0 Å². The Morgan fingerprint density at radius 2 is 2.06 bits per heavy atom. The van der Waals surface area contributed by atoms with Crippen LogP contribution in [0.25, 0.3) is 10.9 Å². The lowest BCUT2D eigenvalue weighted by Gasteiger charge is -2.31. The van der Waals surface area contributed by atoms with E-state index in [0.717, 1.165) is 10.9 Å². The number of fused-ring (bicyclic) bond motifs is 2. The molecular formula is C27H34N4O5. The van der Waals surface area contributed by atoms with Gasteiger partial charge in [0.1, 0.15) is 17.5 Å². The SMILES string of the molecule is CCC(=O)C(CC1CCNC1=O)NC(=O)C1C2C(CN1C(=O)c1cc3c(OC)cccc3[nH]1)C2(C)C. The Balaban J connectivity index is 1.39. The van der Waals surface area contributed by atoms with Gasteiger partial charge in [-0.05, 0) is 48.3 Å². The van der Waals surface area contributed by atoms with Crippen molar-refractivity contribution in [3.63, 3.8) is 0 Å². The normalized spacial score (nSPS) is 26.9. The first kappa shape index (κ1) is 24.3. The van der Waals surface area contributed by atoms with E-state index in [-0.39, 0.29) is 59.5 Å². The zero-order valence-electron chi connectivity index (χ0n) is 21.2. The summed E-state index contributed by atoms with van der Waals surface area (Å²) in [5, 5.41) is 6.54.